The van der Waals surface area contributed by atoms with E-state index in [1.54, 1.807) is 18.7 Å². The van der Waals surface area contributed by atoms with Gasteiger partial charge in [0.05, 0.1) is 16.5 Å². The monoisotopic (exact) mass is 276 g/mol. The fraction of sp³-hybridized carbons (Fsp3) is 0.308. The number of para-hydroxylation sites is 1. The summed E-state index contributed by atoms with van der Waals surface area (Å²) < 4.78 is 1.70. The van der Waals surface area contributed by atoms with Gasteiger partial charge in [0.1, 0.15) is 0 Å². The molecule has 0 aliphatic rings. The molecule has 2 rings (SSSR count). The normalized spacial score (nSPS) is 12.4. The summed E-state index contributed by atoms with van der Waals surface area (Å²) in [7, 11) is 3.49. The van der Waals surface area contributed by atoms with E-state index in [0.717, 1.165) is 10.9 Å². The van der Waals surface area contributed by atoms with E-state index >= 15 is 0 Å². The number of fused-ring (bicyclic) bond motifs is 1. The lowest BCUT2D eigenvalue weighted by Crippen LogP contribution is -2.42. The number of rotatable bonds is 3. The fourth-order valence-electron chi connectivity index (χ4n) is 1.91. The van der Waals surface area contributed by atoms with Gasteiger partial charge in [-0.3, -0.25) is 9.48 Å². The van der Waals surface area contributed by atoms with E-state index in [-0.39, 0.29) is 16.9 Å². The molecule has 100 valence electrons. The van der Waals surface area contributed by atoms with E-state index in [1.807, 2.05) is 31.3 Å². The average Bonchev–Trinajstić information content (AvgIpc) is 2.74. The third-order valence-electron chi connectivity index (χ3n) is 3.27. The summed E-state index contributed by atoms with van der Waals surface area (Å²) in [5, 5.41) is 5.12. The van der Waals surface area contributed by atoms with Gasteiger partial charge < -0.3 is 10.6 Å². The van der Waals surface area contributed by atoms with E-state index in [0.29, 0.717) is 5.69 Å². The molecule has 1 aromatic heterocycles. The van der Waals surface area contributed by atoms with Crippen LogP contribution in [0.4, 0.5) is 0 Å². The van der Waals surface area contributed by atoms with Crippen LogP contribution in [0.2, 0.25) is 0 Å². The van der Waals surface area contributed by atoms with E-state index in [1.165, 1.54) is 4.90 Å². The minimum atomic E-state index is -0.303. The summed E-state index contributed by atoms with van der Waals surface area (Å²) in [5.74, 6) is -0.183. The molecular formula is C13H16N4OS. The highest BCUT2D eigenvalue weighted by Crippen LogP contribution is 2.19. The van der Waals surface area contributed by atoms with E-state index in [9.17, 15) is 4.79 Å². The topological polar surface area (TPSA) is 64.2 Å². The van der Waals surface area contributed by atoms with Crippen molar-refractivity contribution in [3.63, 3.8) is 0 Å². The van der Waals surface area contributed by atoms with Gasteiger partial charge in [0.2, 0.25) is 0 Å². The number of likely N-dealkylation sites (N-methyl/N-ethyl adjacent to an activating group) is 1. The third kappa shape index (κ3) is 2.31. The summed E-state index contributed by atoms with van der Waals surface area (Å²) in [6.07, 6.45) is 0. The van der Waals surface area contributed by atoms with Crippen LogP contribution in [-0.4, -0.2) is 38.7 Å². The molecule has 1 heterocycles. The molecule has 1 atom stereocenters. The minimum Gasteiger partial charge on any atom is -0.392 e. The molecule has 0 spiro atoms. The summed E-state index contributed by atoms with van der Waals surface area (Å²) in [6, 6.07) is 7.31. The first-order valence-corrected chi connectivity index (χ1v) is 6.32. The Bertz CT molecular complexity index is 649. The molecule has 1 unspecified atom stereocenters. The van der Waals surface area contributed by atoms with Crippen LogP contribution in [-0.2, 0) is 7.05 Å². The summed E-state index contributed by atoms with van der Waals surface area (Å²) >= 11 is 4.92. The smallest absolute Gasteiger partial charge is 0.275 e. The lowest BCUT2D eigenvalue weighted by molar-refractivity contribution is 0.0774. The van der Waals surface area contributed by atoms with Gasteiger partial charge in [-0.25, -0.2) is 0 Å². The van der Waals surface area contributed by atoms with Crippen LogP contribution in [0, 0.1) is 0 Å². The Hall–Kier alpha value is -1.95. The first-order valence-electron chi connectivity index (χ1n) is 5.91. The van der Waals surface area contributed by atoms with Crippen LogP contribution < -0.4 is 5.73 Å². The third-order valence-corrected chi connectivity index (χ3v) is 3.61. The molecule has 0 saturated heterocycles. The van der Waals surface area contributed by atoms with Gasteiger partial charge in [-0.05, 0) is 13.0 Å². The molecule has 19 heavy (non-hydrogen) atoms. The number of amides is 1. The van der Waals surface area contributed by atoms with Crippen LogP contribution in [0.25, 0.3) is 10.9 Å². The second-order valence-electron chi connectivity index (χ2n) is 4.48. The molecule has 0 radical (unpaired) electrons. The summed E-state index contributed by atoms with van der Waals surface area (Å²) in [4.78, 5) is 14.3. The quantitative estimate of drug-likeness (QED) is 0.859. The van der Waals surface area contributed by atoms with E-state index in [2.05, 4.69) is 5.10 Å². The zero-order chi connectivity index (χ0) is 14.2. The number of hydrogen-bond donors (Lipinski definition) is 1. The SMILES string of the molecule is CC(C(N)=S)N(C)C(=O)c1nn(C)c2ccccc12. The van der Waals surface area contributed by atoms with Crippen LogP contribution in [0.3, 0.4) is 0 Å². The van der Waals surface area contributed by atoms with Crippen molar-refractivity contribution in [1.82, 2.24) is 14.7 Å². The summed E-state index contributed by atoms with van der Waals surface area (Å²) in [5.41, 5.74) is 6.92. The average molecular weight is 276 g/mol. The largest absolute Gasteiger partial charge is 0.392 e. The second-order valence-corrected chi connectivity index (χ2v) is 4.96. The number of carbonyl (C=O) groups is 1. The Labute approximate surface area is 117 Å². The van der Waals surface area contributed by atoms with Gasteiger partial charge in [-0.2, -0.15) is 5.10 Å². The maximum Gasteiger partial charge on any atom is 0.275 e. The second kappa shape index (κ2) is 4.97. The Morgan fingerprint density at radius 1 is 1.47 bits per heavy atom. The van der Waals surface area contributed by atoms with Gasteiger partial charge in [0, 0.05) is 19.5 Å². The molecular weight excluding hydrogens is 260 g/mol. The number of aryl methyl sites for hydroxylation is 1. The zero-order valence-electron chi connectivity index (χ0n) is 11.1. The Morgan fingerprint density at radius 3 is 2.74 bits per heavy atom. The van der Waals surface area contributed by atoms with Crippen molar-refractivity contribution in [2.45, 2.75) is 13.0 Å². The molecule has 2 aromatic rings. The maximum atomic E-state index is 12.5. The van der Waals surface area contributed by atoms with Crippen LogP contribution in [0.15, 0.2) is 24.3 Å². The van der Waals surface area contributed by atoms with Crippen molar-refractivity contribution >= 4 is 34.0 Å². The van der Waals surface area contributed by atoms with Crippen molar-refractivity contribution in [3.8, 4) is 0 Å². The standard InChI is InChI=1S/C13H16N4OS/c1-8(12(14)19)16(2)13(18)11-9-6-4-5-7-10(9)17(3)15-11/h4-8H,1-3H3,(H2,14,19). The highest BCUT2D eigenvalue weighted by molar-refractivity contribution is 7.80. The van der Waals surface area contributed by atoms with Crippen molar-refractivity contribution in [1.29, 1.82) is 0 Å². The predicted molar refractivity (Wildman–Crippen MR) is 79.1 cm³/mol. The maximum absolute atomic E-state index is 12.5. The van der Waals surface area contributed by atoms with Crippen molar-refractivity contribution < 1.29 is 4.79 Å². The highest BCUT2D eigenvalue weighted by atomic mass is 32.1. The number of nitrogens with two attached hydrogens (primary N) is 1. The number of aromatic nitrogens is 2. The lowest BCUT2D eigenvalue weighted by atomic mass is 10.2. The van der Waals surface area contributed by atoms with Gasteiger partial charge in [-0.15, -0.1) is 0 Å². The molecule has 1 aromatic carbocycles. The Kier molecular flexibility index (Phi) is 3.53. The molecule has 0 saturated carbocycles. The molecule has 6 heteroatoms. The van der Waals surface area contributed by atoms with Crippen molar-refractivity contribution in [2.24, 2.45) is 12.8 Å². The molecule has 0 aliphatic heterocycles. The number of hydrogen-bond acceptors (Lipinski definition) is 3. The van der Waals surface area contributed by atoms with Crippen molar-refractivity contribution in [3.05, 3.63) is 30.0 Å². The predicted octanol–water partition coefficient (Wildman–Crippen LogP) is 1.32. The minimum absolute atomic E-state index is 0.183. The number of benzene rings is 1. The van der Waals surface area contributed by atoms with Gasteiger partial charge >= 0.3 is 0 Å². The fourth-order valence-corrected chi connectivity index (χ4v) is 2.06. The highest BCUT2D eigenvalue weighted by Gasteiger charge is 2.23. The van der Waals surface area contributed by atoms with Crippen LogP contribution >= 0.6 is 12.2 Å². The van der Waals surface area contributed by atoms with Crippen molar-refractivity contribution in [2.75, 3.05) is 7.05 Å². The number of carbonyl (C=O) groups excluding carboxylic acids is 1. The van der Waals surface area contributed by atoms with Gasteiger partial charge in [0.15, 0.2) is 5.69 Å². The zero-order valence-corrected chi connectivity index (χ0v) is 11.9. The molecule has 0 bridgehead atoms. The molecule has 0 fully saturated rings. The molecule has 2 N–H and O–H groups in total. The first kappa shape index (κ1) is 13.5. The number of nitrogens with zero attached hydrogens (tertiary/aromatic N) is 3. The van der Waals surface area contributed by atoms with Crippen LogP contribution in [0.1, 0.15) is 17.4 Å². The summed E-state index contributed by atoms with van der Waals surface area (Å²) in [6.45, 7) is 1.80. The van der Waals surface area contributed by atoms with Crippen LogP contribution in [0.5, 0.6) is 0 Å². The molecule has 1 amide bonds. The van der Waals surface area contributed by atoms with Gasteiger partial charge in [-0.1, -0.05) is 30.4 Å². The Balaban J connectivity index is 2.45. The first-order chi connectivity index (χ1) is 8.93. The van der Waals surface area contributed by atoms with E-state index in [4.69, 9.17) is 18.0 Å². The number of thiocarbonyl (C=S) groups is 1. The molecule has 0 aliphatic carbocycles. The van der Waals surface area contributed by atoms with E-state index < -0.39 is 0 Å². The lowest BCUT2D eigenvalue weighted by Gasteiger charge is -2.23. The Morgan fingerprint density at radius 2 is 2.11 bits per heavy atom. The van der Waals surface area contributed by atoms with Gasteiger partial charge in [0.25, 0.3) is 5.91 Å². The molecule has 5 nitrogen and oxygen atoms in total.